The molecule has 0 saturated carbocycles. The van der Waals surface area contributed by atoms with Crippen LogP contribution in [0.25, 0.3) is 0 Å². The SMILES string of the molecule is CCCCN=C(N)N(c1ccccc1)c1cnccn1. The standard InChI is InChI=1S/C15H19N5/c1-2-3-9-19-15(16)20(13-7-5-4-6-8-13)14-12-17-10-11-18-14/h4-8,10-12H,2-3,9H2,1H3,(H2,16,19). The van der Waals surface area contributed by atoms with E-state index in [0.717, 1.165) is 18.5 Å². The number of hydrogen-bond donors (Lipinski definition) is 1. The zero-order valence-electron chi connectivity index (χ0n) is 11.6. The van der Waals surface area contributed by atoms with Crippen LogP contribution in [0.2, 0.25) is 0 Å². The molecule has 1 aromatic carbocycles. The molecule has 0 radical (unpaired) electrons. The zero-order valence-corrected chi connectivity index (χ0v) is 11.6. The Bertz CT molecular complexity index is 499. The van der Waals surface area contributed by atoms with Crippen molar-refractivity contribution in [3.05, 3.63) is 48.9 Å². The highest BCUT2D eigenvalue weighted by atomic mass is 15.3. The van der Waals surface area contributed by atoms with Crippen molar-refractivity contribution in [2.24, 2.45) is 10.7 Å². The summed E-state index contributed by atoms with van der Waals surface area (Å²) in [5.74, 6) is 1.10. The summed E-state index contributed by atoms with van der Waals surface area (Å²) in [6.07, 6.45) is 7.06. The van der Waals surface area contributed by atoms with Crippen molar-refractivity contribution in [2.45, 2.75) is 19.8 Å². The Hall–Kier alpha value is -2.43. The van der Waals surface area contributed by atoms with E-state index in [1.165, 1.54) is 0 Å². The van der Waals surface area contributed by atoms with Gasteiger partial charge in [0.1, 0.15) is 0 Å². The Morgan fingerprint density at radius 1 is 1.25 bits per heavy atom. The predicted molar refractivity (Wildman–Crippen MR) is 82.0 cm³/mol. The van der Waals surface area contributed by atoms with Crippen LogP contribution in [-0.4, -0.2) is 22.5 Å². The van der Waals surface area contributed by atoms with Gasteiger partial charge in [0.05, 0.1) is 11.9 Å². The third kappa shape index (κ3) is 3.54. The van der Waals surface area contributed by atoms with Crippen LogP contribution < -0.4 is 10.6 Å². The lowest BCUT2D eigenvalue weighted by Crippen LogP contribution is -2.34. The molecule has 20 heavy (non-hydrogen) atoms. The third-order valence-corrected chi connectivity index (χ3v) is 2.81. The van der Waals surface area contributed by atoms with Crippen molar-refractivity contribution in [3.8, 4) is 0 Å². The van der Waals surface area contributed by atoms with E-state index in [0.29, 0.717) is 18.3 Å². The minimum absolute atomic E-state index is 0.435. The smallest absolute Gasteiger partial charge is 0.201 e. The van der Waals surface area contributed by atoms with E-state index >= 15 is 0 Å². The molecule has 1 aromatic heterocycles. The van der Waals surface area contributed by atoms with E-state index < -0.39 is 0 Å². The molecular formula is C15H19N5. The largest absolute Gasteiger partial charge is 0.369 e. The van der Waals surface area contributed by atoms with Gasteiger partial charge in [0, 0.05) is 18.9 Å². The molecule has 0 atom stereocenters. The summed E-state index contributed by atoms with van der Waals surface area (Å²) in [7, 11) is 0. The monoisotopic (exact) mass is 269 g/mol. The van der Waals surface area contributed by atoms with Crippen molar-refractivity contribution < 1.29 is 0 Å². The van der Waals surface area contributed by atoms with Crippen LogP contribution in [0.5, 0.6) is 0 Å². The molecule has 2 aromatic rings. The molecule has 5 heteroatoms. The maximum Gasteiger partial charge on any atom is 0.201 e. The van der Waals surface area contributed by atoms with E-state index in [9.17, 15) is 0 Å². The topological polar surface area (TPSA) is 67.4 Å². The van der Waals surface area contributed by atoms with E-state index in [1.54, 1.807) is 18.6 Å². The molecule has 0 amide bonds. The van der Waals surface area contributed by atoms with Crippen LogP contribution in [-0.2, 0) is 0 Å². The number of nitrogens with zero attached hydrogens (tertiary/aromatic N) is 4. The Balaban J connectivity index is 2.33. The average molecular weight is 269 g/mol. The molecule has 0 aliphatic rings. The van der Waals surface area contributed by atoms with E-state index in [2.05, 4.69) is 21.9 Å². The van der Waals surface area contributed by atoms with Gasteiger partial charge in [-0.1, -0.05) is 31.5 Å². The Labute approximate surface area is 119 Å². The summed E-state index contributed by atoms with van der Waals surface area (Å²) in [5, 5.41) is 0. The Morgan fingerprint density at radius 3 is 2.70 bits per heavy atom. The molecule has 5 nitrogen and oxygen atoms in total. The number of rotatable bonds is 5. The van der Waals surface area contributed by atoms with E-state index in [4.69, 9.17) is 5.73 Å². The van der Waals surface area contributed by atoms with Crippen molar-refractivity contribution in [1.82, 2.24) is 9.97 Å². The second kappa shape index (κ2) is 7.23. The number of benzene rings is 1. The van der Waals surface area contributed by atoms with Crippen molar-refractivity contribution >= 4 is 17.5 Å². The van der Waals surface area contributed by atoms with Gasteiger partial charge in [-0.3, -0.25) is 14.9 Å². The van der Waals surface area contributed by atoms with Gasteiger partial charge in [0.25, 0.3) is 0 Å². The average Bonchev–Trinajstić information content (AvgIpc) is 2.50. The van der Waals surface area contributed by atoms with Gasteiger partial charge in [-0.15, -0.1) is 0 Å². The van der Waals surface area contributed by atoms with Gasteiger partial charge in [-0.25, -0.2) is 4.98 Å². The summed E-state index contributed by atoms with van der Waals surface area (Å²) in [4.78, 5) is 14.6. The number of guanidine groups is 1. The molecule has 0 unspecified atom stereocenters. The second-order valence-corrected chi connectivity index (χ2v) is 4.33. The van der Waals surface area contributed by atoms with Crippen LogP contribution in [0.15, 0.2) is 53.9 Å². The van der Waals surface area contributed by atoms with E-state index in [-0.39, 0.29) is 0 Å². The number of para-hydroxylation sites is 1. The Morgan fingerprint density at radius 2 is 2.05 bits per heavy atom. The van der Waals surface area contributed by atoms with Crippen LogP contribution in [0.3, 0.4) is 0 Å². The highest BCUT2D eigenvalue weighted by Crippen LogP contribution is 2.21. The summed E-state index contributed by atoms with van der Waals surface area (Å²) in [5.41, 5.74) is 7.05. The minimum Gasteiger partial charge on any atom is -0.369 e. The molecule has 1 heterocycles. The second-order valence-electron chi connectivity index (χ2n) is 4.33. The zero-order chi connectivity index (χ0) is 14.2. The van der Waals surface area contributed by atoms with Crippen LogP contribution >= 0.6 is 0 Å². The molecular weight excluding hydrogens is 250 g/mol. The number of hydrogen-bond acceptors (Lipinski definition) is 3. The maximum atomic E-state index is 6.13. The van der Waals surface area contributed by atoms with Gasteiger partial charge < -0.3 is 5.73 Å². The summed E-state index contributed by atoms with van der Waals surface area (Å²) in [6.45, 7) is 2.84. The predicted octanol–water partition coefficient (Wildman–Crippen LogP) is 2.73. The van der Waals surface area contributed by atoms with Gasteiger partial charge >= 0.3 is 0 Å². The van der Waals surface area contributed by atoms with Crippen molar-refractivity contribution in [1.29, 1.82) is 0 Å². The minimum atomic E-state index is 0.435. The summed E-state index contributed by atoms with van der Waals surface area (Å²) in [6, 6.07) is 9.81. The van der Waals surface area contributed by atoms with Crippen LogP contribution in [0.1, 0.15) is 19.8 Å². The van der Waals surface area contributed by atoms with Gasteiger partial charge in [0.2, 0.25) is 5.96 Å². The van der Waals surface area contributed by atoms with Gasteiger partial charge in [0.15, 0.2) is 5.82 Å². The van der Waals surface area contributed by atoms with Gasteiger partial charge in [-0.2, -0.15) is 0 Å². The van der Waals surface area contributed by atoms with E-state index in [1.807, 2.05) is 35.2 Å². The number of unbranched alkanes of at least 4 members (excludes halogenated alkanes) is 1. The lowest BCUT2D eigenvalue weighted by molar-refractivity contribution is 0.805. The fraction of sp³-hybridized carbons (Fsp3) is 0.267. The lowest BCUT2D eigenvalue weighted by Gasteiger charge is -2.22. The highest BCUT2D eigenvalue weighted by Gasteiger charge is 2.14. The lowest BCUT2D eigenvalue weighted by atomic mass is 10.3. The summed E-state index contributed by atoms with van der Waals surface area (Å²) < 4.78 is 0. The molecule has 104 valence electrons. The summed E-state index contributed by atoms with van der Waals surface area (Å²) >= 11 is 0. The number of aliphatic imine (C=N–C) groups is 1. The third-order valence-electron chi connectivity index (χ3n) is 2.81. The first-order valence-electron chi connectivity index (χ1n) is 6.74. The molecule has 0 aliphatic heterocycles. The maximum absolute atomic E-state index is 6.13. The number of anilines is 2. The fourth-order valence-electron chi connectivity index (χ4n) is 1.79. The quantitative estimate of drug-likeness (QED) is 0.515. The number of aromatic nitrogens is 2. The first-order valence-corrected chi connectivity index (χ1v) is 6.74. The molecule has 0 fully saturated rings. The molecule has 0 aliphatic carbocycles. The molecule has 0 saturated heterocycles. The molecule has 0 bridgehead atoms. The molecule has 2 N–H and O–H groups in total. The van der Waals surface area contributed by atoms with Gasteiger partial charge in [-0.05, 0) is 18.6 Å². The molecule has 0 spiro atoms. The first-order chi connectivity index (χ1) is 9.83. The first kappa shape index (κ1) is 14.0. The number of nitrogens with two attached hydrogens (primary N) is 1. The Kier molecular flexibility index (Phi) is 5.06. The van der Waals surface area contributed by atoms with Crippen molar-refractivity contribution in [3.63, 3.8) is 0 Å². The molecule has 2 rings (SSSR count). The van der Waals surface area contributed by atoms with Crippen molar-refractivity contribution in [2.75, 3.05) is 11.4 Å². The fourth-order valence-corrected chi connectivity index (χ4v) is 1.79. The normalized spacial score (nSPS) is 11.3. The van der Waals surface area contributed by atoms with Crippen LogP contribution in [0.4, 0.5) is 11.5 Å². The van der Waals surface area contributed by atoms with Crippen LogP contribution in [0, 0.1) is 0 Å². The highest BCUT2D eigenvalue weighted by molar-refractivity contribution is 6.00.